The first-order valence-corrected chi connectivity index (χ1v) is 9.70. The minimum absolute atomic E-state index is 0.133. The van der Waals surface area contributed by atoms with E-state index in [1.165, 1.54) is 0 Å². The van der Waals surface area contributed by atoms with Gasteiger partial charge in [-0.2, -0.15) is 0 Å². The third-order valence-corrected chi connectivity index (χ3v) is 6.36. The van der Waals surface area contributed by atoms with Crippen LogP contribution in [0.15, 0.2) is 42.5 Å². The number of benzene rings is 2. The number of piperidine rings is 1. The van der Waals surface area contributed by atoms with Gasteiger partial charge in [0.05, 0.1) is 16.6 Å². The van der Waals surface area contributed by atoms with Gasteiger partial charge in [-0.05, 0) is 66.1 Å². The van der Waals surface area contributed by atoms with Crippen molar-refractivity contribution in [2.75, 3.05) is 13.1 Å². The Labute approximate surface area is 160 Å². The van der Waals surface area contributed by atoms with Crippen LogP contribution in [0.4, 0.5) is 0 Å². The van der Waals surface area contributed by atoms with E-state index in [1.54, 1.807) is 0 Å². The van der Waals surface area contributed by atoms with E-state index in [-0.39, 0.29) is 11.8 Å². The maximum absolute atomic E-state index is 13.0. The van der Waals surface area contributed by atoms with Crippen molar-refractivity contribution in [2.24, 2.45) is 0 Å². The summed E-state index contributed by atoms with van der Waals surface area (Å²) in [5.74, 6) is 1.40. The highest BCUT2D eigenvalue weighted by molar-refractivity contribution is 14.1. The summed E-state index contributed by atoms with van der Waals surface area (Å²) in [6.45, 7) is 3.59. The van der Waals surface area contributed by atoms with Gasteiger partial charge in [-0.15, -0.1) is 0 Å². The maximum atomic E-state index is 13.0. The van der Waals surface area contributed by atoms with Crippen LogP contribution in [0, 0.1) is 10.5 Å². The molecular weight excluding hydrogens is 425 g/mol. The van der Waals surface area contributed by atoms with Crippen molar-refractivity contribution in [3.8, 4) is 0 Å². The monoisotopic (exact) mass is 445 g/mol. The molecule has 2 heterocycles. The lowest BCUT2D eigenvalue weighted by Crippen LogP contribution is -2.39. The second-order valence-corrected chi connectivity index (χ2v) is 7.74. The van der Waals surface area contributed by atoms with E-state index in [1.807, 2.05) is 54.3 Å². The average molecular weight is 445 g/mol. The smallest absolute Gasteiger partial charge is 0.254 e. The van der Waals surface area contributed by atoms with Crippen molar-refractivity contribution in [1.29, 1.82) is 0 Å². The molecule has 1 unspecified atom stereocenters. The van der Waals surface area contributed by atoms with E-state index in [9.17, 15) is 4.79 Å². The van der Waals surface area contributed by atoms with Gasteiger partial charge in [-0.1, -0.05) is 24.3 Å². The van der Waals surface area contributed by atoms with Crippen LogP contribution >= 0.6 is 22.6 Å². The van der Waals surface area contributed by atoms with Gasteiger partial charge in [0.25, 0.3) is 5.91 Å². The van der Waals surface area contributed by atoms with Gasteiger partial charge in [-0.25, -0.2) is 4.98 Å². The number of fused-ring (bicyclic) bond motifs is 1. The van der Waals surface area contributed by atoms with E-state index in [0.717, 1.165) is 57.5 Å². The zero-order valence-electron chi connectivity index (χ0n) is 14.1. The van der Waals surface area contributed by atoms with E-state index in [2.05, 4.69) is 27.6 Å². The Morgan fingerprint density at radius 3 is 2.92 bits per heavy atom. The Morgan fingerprint density at radius 2 is 2.08 bits per heavy atom. The summed E-state index contributed by atoms with van der Waals surface area (Å²) in [5.41, 5.74) is 4.02. The lowest BCUT2D eigenvalue weighted by atomic mass is 9.96. The Morgan fingerprint density at radius 1 is 1.24 bits per heavy atom. The third-order valence-electron chi connectivity index (χ3n) is 4.93. The van der Waals surface area contributed by atoms with E-state index in [4.69, 9.17) is 4.98 Å². The van der Waals surface area contributed by atoms with E-state index >= 15 is 0 Å². The van der Waals surface area contributed by atoms with Crippen LogP contribution in [0.1, 0.15) is 40.5 Å². The maximum Gasteiger partial charge on any atom is 0.254 e. The highest BCUT2D eigenvalue weighted by Gasteiger charge is 2.28. The molecule has 1 N–H and O–H groups in total. The highest BCUT2D eigenvalue weighted by Crippen LogP contribution is 2.28. The highest BCUT2D eigenvalue weighted by atomic mass is 127. The second-order valence-electron chi connectivity index (χ2n) is 6.67. The molecule has 5 heteroatoms. The van der Waals surface area contributed by atoms with Gasteiger partial charge in [-0.3, -0.25) is 4.79 Å². The quantitative estimate of drug-likeness (QED) is 0.591. The summed E-state index contributed by atoms with van der Waals surface area (Å²) < 4.78 is 1.05. The predicted molar refractivity (Wildman–Crippen MR) is 108 cm³/mol. The molecule has 0 aliphatic carbocycles. The molecule has 4 nitrogen and oxygen atoms in total. The Bertz CT molecular complexity index is 901. The zero-order valence-corrected chi connectivity index (χ0v) is 16.3. The normalized spacial score (nSPS) is 17.8. The summed E-state index contributed by atoms with van der Waals surface area (Å²) in [4.78, 5) is 23.2. The van der Waals surface area contributed by atoms with Crippen LogP contribution in [-0.2, 0) is 0 Å². The van der Waals surface area contributed by atoms with Gasteiger partial charge in [0.1, 0.15) is 5.82 Å². The van der Waals surface area contributed by atoms with Crippen LogP contribution in [0.2, 0.25) is 0 Å². The van der Waals surface area contributed by atoms with Crippen molar-refractivity contribution in [3.63, 3.8) is 0 Å². The number of amides is 1. The summed E-state index contributed by atoms with van der Waals surface area (Å²) in [6, 6.07) is 14.0. The molecule has 0 bridgehead atoms. The zero-order chi connectivity index (χ0) is 17.4. The fourth-order valence-electron chi connectivity index (χ4n) is 3.53. The number of aryl methyl sites for hydroxylation is 1. The molecule has 4 rings (SSSR count). The van der Waals surface area contributed by atoms with Crippen LogP contribution in [0.5, 0.6) is 0 Å². The molecule has 1 amide bonds. The molecule has 1 saturated heterocycles. The fourth-order valence-corrected chi connectivity index (χ4v) is 4.12. The molecule has 2 aromatic carbocycles. The van der Waals surface area contributed by atoms with Crippen LogP contribution in [0.3, 0.4) is 0 Å². The molecule has 0 radical (unpaired) electrons. The van der Waals surface area contributed by atoms with Gasteiger partial charge >= 0.3 is 0 Å². The molecule has 25 heavy (non-hydrogen) atoms. The number of imidazole rings is 1. The first kappa shape index (κ1) is 16.6. The van der Waals surface area contributed by atoms with Crippen molar-refractivity contribution < 1.29 is 4.79 Å². The number of halogens is 1. The number of H-pyrrole nitrogens is 1. The number of likely N-dealkylation sites (tertiary alicyclic amines) is 1. The summed E-state index contributed by atoms with van der Waals surface area (Å²) >= 11 is 2.28. The number of rotatable bonds is 2. The Kier molecular flexibility index (Phi) is 4.50. The van der Waals surface area contributed by atoms with Crippen molar-refractivity contribution >= 4 is 39.5 Å². The lowest BCUT2D eigenvalue weighted by Gasteiger charge is -2.32. The summed E-state index contributed by atoms with van der Waals surface area (Å²) in [6.07, 6.45) is 2.07. The molecule has 1 aliphatic rings. The number of nitrogens with zero attached hydrogens (tertiary/aromatic N) is 2. The number of nitrogens with one attached hydrogen (secondary N) is 1. The number of hydrogen-bond acceptors (Lipinski definition) is 2. The van der Waals surface area contributed by atoms with Gasteiger partial charge in [0.15, 0.2) is 0 Å². The molecule has 0 saturated carbocycles. The van der Waals surface area contributed by atoms with Gasteiger partial charge in [0.2, 0.25) is 0 Å². The first-order chi connectivity index (χ1) is 12.1. The largest absolute Gasteiger partial charge is 0.342 e. The van der Waals surface area contributed by atoms with Crippen LogP contribution in [0.25, 0.3) is 11.0 Å². The standard InChI is InChI=1S/C20H20IN3O/c1-13-6-4-8-15(18(13)21)20(25)24-11-5-7-14(12-24)19-22-16-9-2-3-10-17(16)23-19/h2-4,6,8-10,14H,5,7,11-12H2,1H3,(H,22,23). The molecule has 3 aromatic rings. The number of hydrogen-bond donors (Lipinski definition) is 1. The SMILES string of the molecule is Cc1cccc(C(=O)N2CCCC(c3nc4ccccc4[nH]3)C2)c1I. The second kappa shape index (κ2) is 6.78. The Balaban J connectivity index is 1.58. The first-order valence-electron chi connectivity index (χ1n) is 8.62. The van der Waals surface area contributed by atoms with Crippen LogP contribution < -0.4 is 0 Å². The molecule has 128 valence electrons. The van der Waals surface area contributed by atoms with Crippen molar-refractivity contribution in [3.05, 3.63) is 63.0 Å². The lowest BCUT2D eigenvalue weighted by molar-refractivity contribution is 0.0703. The molecule has 0 spiro atoms. The molecule has 1 aromatic heterocycles. The summed E-state index contributed by atoms with van der Waals surface area (Å²) in [7, 11) is 0. The molecule has 1 aliphatic heterocycles. The summed E-state index contributed by atoms with van der Waals surface area (Å²) in [5, 5.41) is 0. The molecule has 1 atom stereocenters. The third kappa shape index (κ3) is 3.17. The number of para-hydroxylation sites is 2. The van der Waals surface area contributed by atoms with Gasteiger partial charge < -0.3 is 9.88 Å². The Hall–Kier alpha value is -1.89. The minimum Gasteiger partial charge on any atom is -0.342 e. The molecular formula is C20H20IN3O. The van der Waals surface area contributed by atoms with Crippen LogP contribution in [-0.4, -0.2) is 33.9 Å². The number of carbonyl (C=O) groups excluding carboxylic acids is 1. The number of aromatic nitrogens is 2. The predicted octanol–water partition coefficient (Wildman–Crippen LogP) is 4.50. The van der Waals surface area contributed by atoms with E-state index in [0.29, 0.717) is 0 Å². The molecule has 1 fully saturated rings. The number of aromatic amines is 1. The van der Waals surface area contributed by atoms with Crippen molar-refractivity contribution in [1.82, 2.24) is 14.9 Å². The number of carbonyl (C=O) groups is 1. The van der Waals surface area contributed by atoms with Gasteiger partial charge in [0, 0.05) is 22.6 Å². The fraction of sp³-hybridized carbons (Fsp3) is 0.300. The average Bonchev–Trinajstić information content (AvgIpc) is 3.08. The van der Waals surface area contributed by atoms with E-state index < -0.39 is 0 Å². The topological polar surface area (TPSA) is 49.0 Å². The minimum atomic E-state index is 0.133. The van der Waals surface area contributed by atoms with Crippen molar-refractivity contribution in [2.45, 2.75) is 25.7 Å².